The maximum Gasteiger partial charge on any atom is 0.105 e. The normalized spacial score (nSPS) is 17.5. The highest BCUT2D eigenvalue weighted by Crippen LogP contribution is 2.17. The van der Waals surface area contributed by atoms with Gasteiger partial charge in [0.15, 0.2) is 0 Å². The first-order chi connectivity index (χ1) is 8.97. The van der Waals surface area contributed by atoms with Crippen LogP contribution in [0.4, 0.5) is 0 Å². The van der Waals surface area contributed by atoms with Gasteiger partial charge in [0.1, 0.15) is 31.8 Å². The minimum absolute atomic E-state index is 0.401. The highest BCUT2D eigenvalue weighted by atomic mass is 16.3. The van der Waals surface area contributed by atoms with E-state index in [0.29, 0.717) is 17.6 Å². The lowest BCUT2D eigenvalue weighted by Gasteiger charge is -2.40. The van der Waals surface area contributed by atoms with Gasteiger partial charge in [-0.3, -0.25) is 0 Å². The summed E-state index contributed by atoms with van der Waals surface area (Å²) in [7, 11) is 0. The molecule has 0 aromatic heterocycles. The van der Waals surface area contributed by atoms with E-state index in [1.807, 2.05) is 24.3 Å². The molecule has 106 valence electrons. The number of aliphatic hydroxyl groups excluding tert-OH is 2. The maximum absolute atomic E-state index is 9.77. The van der Waals surface area contributed by atoms with Crippen LogP contribution in [0.1, 0.15) is 19.4 Å². The third kappa shape index (κ3) is 5.55. The molecule has 0 saturated carbocycles. The fraction of sp³-hybridized carbons (Fsp3) is 0.500. The number of benzene rings is 1. The molecule has 3 nitrogen and oxygen atoms in total. The van der Waals surface area contributed by atoms with E-state index >= 15 is 0 Å². The first-order valence-electron chi connectivity index (χ1n) is 6.83. The zero-order valence-corrected chi connectivity index (χ0v) is 12.0. The second-order valence-electron chi connectivity index (χ2n) is 5.52. The van der Waals surface area contributed by atoms with Gasteiger partial charge in [-0.2, -0.15) is 0 Å². The van der Waals surface area contributed by atoms with Gasteiger partial charge in [-0.25, -0.2) is 0 Å². The van der Waals surface area contributed by atoms with Crippen molar-refractivity contribution in [3.63, 3.8) is 0 Å². The van der Waals surface area contributed by atoms with Crippen LogP contribution in [-0.4, -0.2) is 46.5 Å². The molecule has 0 bridgehead atoms. The fourth-order valence-corrected chi connectivity index (χ4v) is 2.78. The van der Waals surface area contributed by atoms with Gasteiger partial charge in [0.2, 0.25) is 0 Å². The van der Waals surface area contributed by atoms with Gasteiger partial charge in [-0.1, -0.05) is 36.9 Å². The zero-order valence-electron chi connectivity index (χ0n) is 12.0. The molecule has 1 aromatic rings. The molecule has 0 spiro atoms. The molecule has 3 heteroatoms. The van der Waals surface area contributed by atoms with Crippen molar-refractivity contribution in [3.8, 4) is 0 Å². The molecule has 0 heterocycles. The van der Waals surface area contributed by atoms with Crippen LogP contribution in [0.15, 0.2) is 43.0 Å². The van der Waals surface area contributed by atoms with E-state index in [1.165, 1.54) is 5.56 Å². The first-order valence-corrected chi connectivity index (χ1v) is 6.83. The van der Waals surface area contributed by atoms with Crippen molar-refractivity contribution in [2.45, 2.75) is 32.6 Å². The second kappa shape index (κ2) is 7.43. The molecule has 2 N–H and O–H groups in total. The third-order valence-electron chi connectivity index (χ3n) is 3.18. The van der Waals surface area contributed by atoms with Crippen LogP contribution in [-0.2, 0) is 6.54 Å². The minimum atomic E-state index is -0.401. The van der Waals surface area contributed by atoms with Crippen LogP contribution < -0.4 is 0 Å². The van der Waals surface area contributed by atoms with Gasteiger partial charge in [0.05, 0.1) is 6.54 Å². The number of rotatable bonds is 8. The molecular formula is C16H26NO2+. The van der Waals surface area contributed by atoms with Crippen LogP contribution in [0.3, 0.4) is 0 Å². The molecule has 19 heavy (non-hydrogen) atoms. The lowest BCUT2D eigenvalue weighted by atomic mass is 10.1. The summed E-state index contributed by atoms with van der Waals surface area (Å²) in [6, 6.07) is 10.2. The Kier molecular flexibility index (Phi) is 6.22. The Morgan fingerprint density at radius 1 is 1.11 bits per heavy atom. The highest BCUT2D eigenvalue weighted by molar-refractivity contribution is 5.13. The molecular weight excluding hydrogens is 238 g/mol. The average Bonchev–Trinajstić information content (AvgIpc) is 2.28. The van der Waals surface area contributed by atoms with Gasteiger partial charge in [-0.15, -0.1) is 0 Å². The molecule has 0 aliphatic carbocycles. The lowest BCUT2D eigenvalue weighted by molar-refractivity contribution is -0.940. The Bertz CT molecular complexity index is 364. The van der Waals surface area contributed by atoms with E-state index in [2.05, 4.69) is 18.7 Å². The number of hydrogen-bond acceptors (Lipinski definition) is 2. The molecule has 0 amide bonds. The molecule has 0 aliphatic rings. The summed E-state index contributed by atoms with van der Waals surface area (Å²) in [6.45, 7) is 10.2. The van der Waals surface area contributed by atoms with Crippen molar-refractivity contribution < 1.29 is 14.7 Å². The monoisotopic (exact) mass is 264 g/mol. The summed E-state index contributed by atoms with van der Waals surface area (Å²) in [5.41, 5.74) is 1.21. The van der Waals surface area contributed by atoms with Gasteiger partial charge < -0.3 is 14.7 Å². The Labute approximate surface area is 116 Å². The Hall–Kier alpha value is -1.16. The first kappa shape index (κ1) is 15.9. The summed E-state index contributed by atoms with van der Waals surface area (Å²) in [5.74, 6) is 0. The molecule has 2 unspecified atom stereocenters. The van der Waals surface area contributed by atoms with Crippen LogP contribution in [0.5, 0.6) is 0 Å². The van der Waals surface area contributed by atoms with E-state index in [1.54, 1.807) is 13.8 Å². The van der Waals surface area contributed by atoms with Crippen molar-refractivity contribution >= 4 is 0 Å². The fourth-order valence-electron chi connectivity index (χ4n) is 2.78. The molecule has 0 radical (unpaired) electrons. The summed E-state index contributed by atoms with van der Waals surface area (Å²) < 4.78 is 0.628. The van der Waals surface area contributed by atoms with E-state index in [4.69, 9.17) is 0 Å². The van der Waals surface area contributed by atoms with Crippen LogP contribution >= 0.6 is 0 Å². The molecule has 0 aliphatic heterocycles. The van der Waals surface area contributed by atoms with Crippen molar-refractivity contribution in [1.82, 2.24) is 0 Å². The SMILES string of the molecule is C=CC[N+](Cc1ccccc1)(CC(C)O)CC(C)O. The van der Waals surface area contributed by atoms with Gasteiger partial charge in [0.25, 0.3) is 0 Å². The molecule has 0 saturated heterocycles. The summed E-state index contributed by atoms with van der Waals surface area (Å²) >= 11 is 0. The number of quaternary nitrogens is 1. The van der Waals surface area contributed by atoms with Crippen molar-refractivity contribution in [3.05, 3.63) is 48.6 Å². The second-order valence-corrected chi connectivity index (χ2v) is 5.52. The summed E-state index contributed by atoms with van der Waals surface area (Å²) in [5, 5.41) is 19.5. The number of nitrogens with zero attached hydrogens (tertiary/aromatic N) is 1. The van der Waals surface area contributed by atoms with E-state index in [9.17, 15) is 10.2 Å². The van der Waals surface area contributed by atoms with E-state index in [0.717, 1.165) is 13.1 Å². The zero-order chi connectivity index (χ0) is 14.3. The van der Waals surface area contributed by atoms with Crippen LogP contribution in [0.25, 0.3) is 0 Å². The quantitative estimate of drug-likeness (QED) is 0.556. The lowest BCUT2D eigenvalue weighted by Crippen LogP contribution is -2.54. The highest BCUT2D eigenvalue weighted by Gasteiger charge is 2.30. The molecule has 1 aromatic carbocycles. The number of aliphatic hydroxyl groups is 2. The van der Waals surface area contributed by atoms with Crippen molar-refractivity contribution in [2.24, 2.45) is 0 Å². The topological polar surface area (TPSA) is 40.5 Å². The Morgan fingerprint density at radius 2 is 1.63 bits per heavy atom. The molecule has 1 rings (SSSR count). The predicted molar refractivity (Wildman–Crippen MR) is 78.6 cm³/mol. The van der Waals surface area contributed by atoms with Crippen molar-refractivity contribution in [1.29, 1.82) is 0 Å². The van der Waals surface area contributed by atoms with Crippen LogP contribution in [0, 0.1) is 0 Å². The van der Waals surface area contributed by atoms with Crippen molar-refractivity contribution in [2.75, 3.05) is 19.6 Å². The largest absolute Gasteiger partial charge is 0.388 e. The Morgan fingerprint density at radius 3 is 2.05 bits per heavy atom. The van der Waals surface area contributed by atoms with E-state index < -0.39 is 12.2 Å². The predicted octanol–water partition coefficient (Wildman–Crippen LogP) is 1.95. The average molecular weight is 264 g/mol. The van der Waals surface area contributed by atoms with Gasteiger partial charge in [-0.05, 0) is 19.9 Å². The number of hydrogen-bond donors (Lipinski definition) is 2. The van der Waals surface area contributed by atoms with Gasteiger partial charge >= 0.3 is 0 Å². The summed E-state index contributed by atoms with van der Waals surface area (Å²) in [4.78, 5) is 0. The Balaban J connectivity index is 2.96. The third-order valence-corrected chi connectivity index (χ3v) is 3.18. The van der Waals surface area contributed by atoms with Crippen LogP contribution in [0.2, 0.25) is 0 Å². The van der Waals surface area contributed by atoms with Gasteiger partial charge in [0, 0.05) is 5.56 Å². The molecule has 2 atom stereocenters. The molecule has 0 fully saturated rings. The summed E-state index contributed by atoms with van der Waals surface area (Å²) in [6.07, 6.45) is 1.07. The smallest absolute Gasteiger partial charge is 0.105 e. The van der Waals surface area contributed by atoms with E-state index in [-0.39, 0.29) is 0 Å². The minimum Gasteiger partial charge on any atom is -0.388 e. The maximum atomic E-state index is 9.77. The standard InChI is InChI=1S/C16H26NO2/c1-4-10-17(11-14(2)18,12-15(3)19)13-16-8-6-5-7-9-16/h4-9,14-15,18-19H,1,10-13H2,2-3H3/q+1.